The molecular weight excluding hydrogens is 354 g/mol. The second-order valence-electron chi connectivity index (χ2n) is 6.15. The molecule has 0 aromatic heterocycles. The van der Waals surface area contributed by atoms with E-state index in [0.717, 1.165) is 4.90 Å². The number of urea groups is 1. The van der Waals surface area contributed by atoms with Gasteiger partial charge in [-0.1, -0.05) is 0 Å². The van der Waals surface area contributed by atoms with E-state index in [4.69, 9.17) is 0 Å². The van der Waals surface area contributed by atoms with Crippen LogP contribution < -0.4 is 5.32 Å². The number of benzene rings is 1. The van der Waals surface area contributed by atoms with Crippen LogP contribution >= 0.6 is 0 Å². The summed E-state index contributed by atoms with van der Waals surface area (Å²) < 4.78 is 51.4. The van der Waals surface area contributed by atoms with E-state index >= 15 is 0 Å². The van der Waals surface area contributed by atoms with Crippen molar-refractivity contribution in [2.75, 3.05) is 18.9 Å². The first-order chi connectivity index (χ1) is 12.1. The summed E-state index contributed by atoms with van der Waals surface area (Å²) in [5, 5.41) is 2.55. The molecule has 1 aliphatic heterocycles. The number of alkyl halides is 3. The number of nitrogens with one attached hydrogen (secondary N) is 1. The molecule has 1 atom stereocenters. The number of carbonyl (C=O) groups is 2. The van der Waals surface area contributed by atoms with E-state index in [1.54, 1.807) is 0 Å². The Bertz CT molecular complexity index is 834. The number of rotatable bonds is 3. The summed E-state index contributed by atoms with van der Waals surface area (Å²) in [7, 11) is 1.37. The van der Waals surface area contributed by atoms with Gasteiger partial charge >= 0.3 is 12.2 Å². The lowest BCUT2D eigenvalue weighted by atomic mass is 10.1. The van der Waals surface area contributed by atoms with Crippen molar-refractivity contribution in [3.8, 4) is 0 Å². The maximum absolute atomic E-state index is 13.3. The molecule has 3 amide bonds. The molecule has 140 valence electrons. The van der Waals surface area contributed by atoms with Crippen molar-refractivity contribution in [2.45, 2.75) is 25.2 Å². The Balaban J connectivity index is 0.00000261. The lowest BCUT2D eigenvalue weighted by molar-refractivity contribution is -0.132. The van der Waals surface area contributed by atoms with Crippen LogP contribution in [0.25, 0.3) is 0 Å². The third-order valence-electron chi connectivity index (χ3n) is 4.38. The predicted octanol–water partition coefficient (Wildman–Crippen LogP) is 3.29. The van der Waals surface area contributed by atoms with E-state index < -0.39 is 35.5 Å². The maximum Gasteiger partial charge on any atom is 0.419 e. The highest BCUT2D eigenvalue weighted by Gasteiger charge is 2.38. The van der Waals surface area contributed by atoms with Crippen LogP contribution in [-0.2, 0) is 11.3 Å². The minimum atomic E-state index is -4.48. The van der Waals surface area contributed by atoms with Crippen LogP contribution in [0.2, 0.25) is 0 Å². The van der Waals surface area contributed by atoms with Crippen molar-refractivity contribution < 1.29 is 28.6 Å². The molecule has 1 aliphatic carbocycles. The molecule has 0 fully saturated rings. The van der Waals surface area contributed by atoms with Gasteiger partial charge in [0.2, 0.25) is 5.91 Å². The van der Waals surface area contributed by atoms with Crippen molar-refractivity contribution in [1.82, 2.24) is 9.80 Å². The summed E-state index contributed by atoms with van der Waals surface area (Å²) >= 11 is 0. The van der Waals surface area contributed by atoms with Gasteiger partial charge in [-0.25, -0.2) is 9.18 Å². The Morgan fingerprint density at radius 3 is 2.85 bits per heavy atom. The van der Waals surface area contributed by atoms with Crippen molar-refractivity contribution in [3.63, 3.8) is 0 Å². The lowest BCUT2D eigenvalue weighted by Gasteiger charge is -2.31. The predicted molar refractivity (Wildman–Crippen MR) is 86.8 cm³/mol. The normalized spacial score (nSPS) is 19.1. The fraction of sp³-hybridized carbons (Fsp3) is 0.353. The monoisotopic (exact) mass is 371 g/mol. The molecule has 1 aromatic carbocycles. The SMILES string of the molecule is CN(C(=O)CN1Cc2cc(F)ccc2NC1=O)C1C=C=C(C(F)(F)F)C1.[HH]. The fourth-order valence-electron chi connectivity index (χ4n) is 2.84. The van der Waals surface area contributed by atoms with Crippen LogP contribution in [0, 0.1) is 5.82 Å². The quantitative estimate of drug-likeness (QED) is 0.655. The number of carbonyl (C=O) groups excluding carboxylic acids is 2. The number of nitrogens with zero attached hydrogens (tertiary/aromatic N) is 2. The Morgan fingerprint density at radius 1 is 1.46 bits per heavy atom. The van der Waals surface area contributed by atoms with E-state index in [-0.39, 0.29) is 20.9 Å². The minimum Gasteiger partial charge on any atom is -0.337 e. The zero-order valence-electron chi connectivity index (χ0n) is 13.7. The van der Waals surface area contributed by atoms with Gasteiger partial charge in [-0.2, -0.15) is 13.2 Å². The van der Waals surface area contributed by atoms with Crippen molar-refractivity contribution in [3.05, 3.63) is 47.0 Å². The molecule has 1 unspecified atom stereocenters. The van der Waals surface area contributed by atoms with Crippen LogP contribution in [0.4, 0.5) is 28.0 Å². The highest BCUT2D eigenvalue weighted by Crippen LogP contribution is 2.32. The molecule has 9 heteroatoms. The summed E-state index contributed by atoms with van der Waals surface area (Å²) in [6.07, 6.45) is -3.65. The molecule has 2 aliphatic rings. The maximum atomic E-state index is 13.3. The smallest absolute Gasteiger partial charge is 0.337 e. The van der Waals surface area contributed by atoms with Crippen LogP contribution in [0.3, 0.4) is 0 Å². The number of fused-ring (bicyclic) bond motifs is 1. The minimum absolute atomic E-state index is 0. The van der Waals surface area contributed by atoms with Gasteiger partial charge in [0, 0.05) is 20.6 Å². The average molecular weight is 371 g/mol. The van der Waals surface area contributed by atoms with Gasteiger partial charge < -0.3 is 15.1 Å². The molecule has 3 rings (SSSR count). The van der Waals surface area contributed by atoms with Crippen LogP contribution in [-0.4, -0.2) is 47.5 Å². The summed E-state index contributed by atoms with van der Waals surface area (Å²) in [4.78, 5) is 26.8. The number of amides is 3. The summed E-state index contributed by atoms with van der Waals surface area (Å²) in [5.74, 6) is -0.989. The van der Waals surface area contributed by atoms with Crippen molar-refractivity contribution in [1.29, 1.82) is 0 Å². The van der Waals surface area contributed by atoms with Gasteiger partial charge in [-0.3, -0.25) is 4.79 Å². The number of hydrogen-bond donors (Lipinski definition) is 1. The Hall–Kier alpha value is -2.80. The Kier molecular flexibility index (Phi) is 4.50. The highest BCUT2D eigenvalue weighted by molar-refractivity contribution is 5.94. The van der Waals surface area contributed by atoms with Gasteiger partial charge in [0.05, 0.1) is 18.2 Å². The van der Waals surface area contributed by atoms with E-state index in [2.05, 4.69) is 11.0 Å². The third-order valence-corrected chi connectivity index (χ3v) is 4.38. The first-order valence-corrected chi connectivity index (χ1v) is 7.78. The lowest BCUT2D eigenvalue weighted by Crippen LogP contribution is -2.47. The van der Waals surface area contributed by atoms with E-state index in [9.17, 15) is 27.2 Å². The summed E-state index contributed by atoms with van der Waals surface area (Å²) in [6, 6.07) is 2.61. The number of hydrogen-bond acceptors (Lipinski definition) is 2. The zero-order valence-corrected chi connectivity index (χ0v) is 13.7. The molecule has 5 nitrogen and oxygen atoms in total. The second-order valence-corrected chi connectivity index (χ2v) is 6.15. The molecule has 0 saturated heterocycles. The highest BCUT2D eigenvalue weighted by atomic mass is 19.4. The standard InChI is InChI=1S/C17H15F4N3O2.H2/c1-23(13-4-2-11(7-13)17(19,20)21)15(25)9-24-8-10-6-12(18)3-5-14(10)22-16(24)26;/h3-6,13H,7-9H2,1H3,(H,22,26);1H. The average Bonchev–Trinajstić information content (AvgIpc) is 3.05. The van der Waals surface area contributed by atoms with Crippen LogP contribution in [0.1, 0.15) is 13.4 Å². The zero-order chi connectivity index (χ0) is 19.1. The number of likely N-dealkylation sites (N-methyl/N-ethyl adjacent to an activating group) is 1. The third kappa shape index (κ3) is 3.57. The molecule has 0 spiro atoms. The molecule has 0 bridgehead atoms. The van der Waals surface area contributed by atoms with E-state index in [1.807, 2.05) is 0 Å². The molecular formula is C17H17F4N3O2. The topological polar surface area (TPSA) is 52.7 Å². The molecule has 1 N–H and O–H groups in total. The summed E-state index contributed by atoms with van der Waals surface area (Å²) in [5.41, 5.74) is 2.31. The van der Waals surface area contributed by atoms with Gasteiger partial charge in [0.25, 0.3) is 0 Å². The van der Waals surface area contributed by atoms with Gasteiger partial charge in [0.15, 0.2) is 0 Å². The van der Waals surface area contributed by atoms with E-state index in [0.29, 0.717) is 11.3 Å². The molecule has 0 radical (unpaired) electrons. The Morgan fingerprint density at radius 2 is 2.19 bits per heavy atom. The number of anilines is 1. The van der Waals surface area contributed by atoms with Gasteiger partial charge in [0.1, 0.15) is 12.4 Å². The first kappa shape index (κ1) is 18.0. The molecule has 26 heavy (non-hydrogen) atoms. The Labute approximate surface area is 148 Å². The largest absolute Gasteiger partial charge is 0.419 e. The fourth-order valence-corrected chi connectivity index (χ4v) is 2.84. The number of halogens is 4. The van der Waals surface area contributed by atoms with Crippen LogP contribution in [0.5, 0.6) is 0 Å². The van der Waals surface area contributed by atoms with Gasteiger partial charge in [-0.05, 0) is 29.8 Å². The van der Waals surface area contributed by atoms with Crippen molar-refractivity contribution >= 4 is 17.6 Å². The summed E-state index contributed by atoms with van der Waals surface area (Å²) in [6.45, 7) is -0.297. The van der Waals surface area contributed by atoms with Crippen LogP contribution in [0.15, 0.2) is 35.6 Å². The van der Waals surface area contributed by atoms with Crippen molar-refractivity contribution in [2.24, 2.45) is 0 Å². The molecule has 1 aromatic rings. The molecule has 1 heterocycles. The first-order valence-electron chi connectivity index (χ1n) is 7.78. The van der Waals surface area contributed by atoms with Gasteiger partial charge in [-0.15, -0.1) is 5.73 Å². The molecule has 0 saturated carbocycles. The second kappa shape index (κ2) is 6.49. The van der Waals surface area contributed by atoms with E-state index in [1.165, 1.54) is 36.2 Å².